The van der Waals surface area contributed by atoms with Crippen LogP contribution >= 0.6 is 0 Å². The molecular formula is C14H18N8O4. The second-order valence-corrected chi connectivity index (χ2v) is 5.76. The average molecular weight is 362 g/mol. The molecular weight excluding hydrogens is 344 g/mol. The third-order valence-electron chi connectivity index (χ3n) is 4.16. The van der Waals surface area contributed by atoms with E-state index in [-0.39, 0.29) is 32.0 Å². The van der Waals surface area contributed by atoms with Gasteiger partial charge in [0.15, 0.2) is 17.0 Å². The fourth-order valence-electron chi connectivity index (χ4n) is 2.90. The largest absolute Gasteiger partial charge is 0.394 e. The average Bonchev–Trinajstić information content (AvgIpc) is 3.21. The molecule has 12 heteroatoms. The highest BCUT2D eigenvalue weighted by Gasteiger charge is 2.35. The van der Waals surface area contributed by atoms with Gasteiger partial charge in [-0.05, 0) is 5.53 Å². The number of aliphatic hydroxyl groups excluding tert-OH is 2. The molecule has 0 radical (unpaired) electrons. The van der Waals surface area contributed by atoms with Crippen LogP contribution in [0.4, 0.5) is 5.82 Å². The summed E-state index contributed by atoms with van der Waals surface area (Å²) in [7, 11) is 0. The summed E-state index contributed by atoms with van der Waals surface area (Å²) >= 11 is 0. The summed E-state index contributed by atoms with van der Waals surface area (Å²) in [5.41, 5.74) is 9.22. The number of carbonyl (C=O) groups excluding carboxylic acids is 1. The molecule has 1 amide bonds. The molecule has 3 rings (SSSR count). The van der Waals surface area contributed by atoms with Gasteiger partial charge in [0.05, 0.1) is 19.0 Å². The van der Waals surface area contributed by atoms with Crippen molar-refractivity contribution in [1.82, 2.24) is 19.5 Å². The smallest absolute Gasteiger partial charge is 0.225 e. The minimum atomic E-state index is -0.790. The van der Waals surface area contributed by atoms with Gasteiger partial charge in [0, 0.05) is 31.3 Å². The maximum absolute atomic E-state index is 12.0. The van der Waals surface area contributed by atoms with E-state index >= 15 is 0 Å². The number of amides is 1. The lowest BCUT2D eigenvalue weighted by Gasteiger charge is -2.19. The number of ether oxygens (including phenoxy) is 1. The zero-order chi connectivity index (χ0) is 18.7. The van der Waals surface area contributed by atoms with E-state index in [0.29, 0.717) is 17.0 Å². The van der Waals surface area contributed by atoms with Gasteiger partial charge in [-0.1, -0.05) is 5.11 Å². The summed E-state index contributed by atoms with van der Waals surface area (Å²) in [6.07, 6.45) is 1.07. The van der Waals surface area contributed by atoms with Gasteiger partial charge >= 0.3 is 0 Å². The number of aliphatic hydroxyl groups is 2. The Balaban J connectivity index is 1.95. The molecule has 1 aliphatic heterocycles. The fourth-order valence-corrected chi connectivity index (χ4v) is 2.90. The van der Waals surface area contributed by atoms with Crippen LogP contribution in [0.3, 0.4) is 0 Å². The molecule has 2 aromatic rings. The number of nitrogens with zero attached hydrogens (tertiary/aromatic N) is 8. The Labute approximate surface area is 147 Å². The van der Waals surface area contributed by atoms with Crippen LogP contribution in [0.15, 0.2) is 17.8 Å². The van der Waals surface area contributed by atoms with Gasteiger partial charge in [0.25, 0.3) is 0 Å². The number of anilines is 1. The van der Waals surface area contributed by atoms with Crippen molar-refractivity contribution < 1.29 is 19.7 Å². The van der Waals surface area contributed by atoms with Crippen molar-refractivity contribution in [2.24, 2.45) is 5.11 Å². The number of azide groups is 1. The first-order chi connectivity index (χ1) is 12.6. The molecule has 138 valence electrons. The summed E-state index contributed by atoms with van der Waals surface area (Å²) in [5.74, 6) is 0.0206. The van der Waals surface area contributed by atoms with E-state index in [1.807, 2.05) is 0 Å². The Hall–Kier alpha value is -2.79. The summed E-state index contributed by atoms with van der Waals surface area (Å²) in [6, 6.07) is 0. The van der Waals surface area contributed by atoms with Crippen LogP contribution in [0.2, 0.25) is 0 Å². The van der Waals surface area contributed by atoms with Crippen LogP contribution in [-0.4, -0.2) is 67.5 Å². The van der Waals surface area contributed by atoms with E-state index in [1.165, 1.54) is 24.5 Å². The quantitative estimate of drug-likeness (QED) is 0.419. The number of hydrogen-bond donors (Lipinski definition) is 2. The van der Waals surface area contributed by atoms with E-state index in [9.17, 15) is 15.0 Å². The second kappa shape index (κ2) is 7.62. The third-order valence-corrected chi connectivity index (χ3v) is 4.16. The molecule has 3 atom stereocenters. The lowest BCUT2D eigenvalue weighted by molar-refractivity contribution is -0.116. The minimum Gasteiger partial charge on any atom is -0.394 e. The number of carbonyl (C=O) groups is 1. The number of aromatic nitrogens is 4. The standard InChI is InChI=1S/C14H18N8O4/c1-8(24)21(3-2-19-20-15)13-12-14(17-6-16-13)22(7-18-12)11-4-9(25)10(5-23)26-11/h6-7,9-11,23,25H,2-5H2,1H3/t9-,10+,11+/m0/s1. The van der Waals surface area contributed by atoms with Gasteiger partial charge in [0.1, 0.15) is 18.7 Å². The summed E-state index contributed by atoms with van der Waals surface area (Å²) < 4.78 is 7.26. The fraction of sp³-hybridized carbons (Fsp3) is 0.571. The molecule has 0 unspecified atom stereocenters. The molecule has 2 N–H and O–H groups in total. The highest BCUT2D eigenvalue weighted by atomic mass is 16.5. The molecule has 1 saturated heterocycles. The number of imidazole rings is 1. The molecule has 0 spiro atoms. The van der Waals surface area contributed by atoms with Gasteiger partial charge in [-0.2, -0.15) is 0 Å². The van der Waals surface area contributed by atoms with Crippen LogP contribution < -0.4 is 4.90 Å². The van der Waals surface area contributed by atoms with E-state index in [2.05, 4.69) is 25.0 Å². The van der Waals surface area contributed by atoms with Crippen molar-refractivity contribution in [3.8, 4) is 0 Å². The SMILES string of the molecule is CC(=O)N(CCN=[N+]=[N-])c1ncnc2c1ncn2[C@H]1C[C@H](O)[C@@H](CO)O1. The van der Waals surface area contributed by atoms with Gasteiger partial charge in [-0.25, -0.2) is 15.0 Å². The van der Waals surface area contributed by atoms with Gasteiger partial charge in [-0.3, -0.25) is 14.3 Å². The first-order valence-corrected chi connectivity index (χ1v) is 7.97. The molecule has 0 aliphatic carbocycles. The number of fused-ring (bicyclic) bond motifs is 1. The van der Waals surface area contributed by atoms with Gasteiger partial charge in [0.2, 0.25) is 5.91 Å². The van der Waals surface area contributed by atoms with Crippen molar-refractivity contribution in [2.45, 2.75) is 31.8 Å². The monoisotopic (exact) mass is 362 g/mol. The Bertz CT molecular complexity index is 849. The summed E-state index contributed by atoms with van der Waals surface area (Å²) in [4.78, 5) is 28.7. The molecule has 0 saturated carbocycles. The van der Waals surface area contributed by atoms with E-state index in [0.717, 1.165) is 0 Å². The highest BCUT2D eigenvalue weighted by molar-refractivity contribution is 5.97. The van der Waals surface area contributed by atoms with E-state index in [4.69, 9.17) is 10.3 Å². The normalized spacial score (nSPS) is 22.3. The van der Waals surface area contributed by atoms with Crippen molar-refractivity contribution in [1.29, 1.82) is 0 Å². The predicted molar refractivity (Wildman–Crippen MR) is 89.0 cm³/mol. The number of rotatable bonds is 6. The third kappa shape index (κ3) is 3.30. The van der Waals surface area contributed by atoms with Crippen molar-refractivity contribution in [3.05, 3.63) is 23.1 Å². The molecule has 0 bridgehead atoms. The maximum atomic E-state index is 12.0. The Morgan fingerprint density at radius 3 is 3.00 bits per heavy atom. The Morgan fingerprint density at radius 2 is 2.35 bits per heavy atom. The van der Waals surface area contributed by atoms with Crippen LogP contribution in [-0.2, 0) is 9.53 Å². The second-order valence-electron chi connectivity index (χ2n) is 5.76. The van der Waals surface area contributed by atoms with E-state index in [1.54, 1.807) is 4.57 Å². The molecule has 2 aromatic heterocycles. The zero-order valence-corrected chi connectivity index (χ0v) is 14.0. The lowest BCUT2D eigenvalue weighted by Crippen LogP contribution is -2.32. The highest BCUT2D eigenvalue weighted by Crippen LogP contribution is 2.32. The molecule has 26 heavy (non-hydrogen) atoms. The molecule has 1 fully saturated rings. The maximum Gasteiger partial charge on any atom is 0.225 e. The molecule has 1 aliphatic rings. The topological polar surface area (TPSA) is 162 Å². The van der Waals surface area contributed by atoms with Crippen molar-refractivity contribution in [2.75, 3.05) is 24.6 Å². The van der Waals surface area contributed by atoms with Gasteiger partial charge < -0.3 is 14.9 Å². The molecule has 0 aromatic carbocycles. The lowest BCUT2D eigenvalue weighted by atomic mass is 10.2. The van der Waals surface area contributed by atoms with E-state index < -0.39 is 18.4 Å². The summed E-state index contributed by atoms with van der Waals surface area (Å²) in [5, 5.41) is 22.6. The Kier molecular flexibility index (Phi) is 5.28. The minimum absolute atomic E-state index is 0.0956. The molecule has 12 nitrogen and oxygen atoms in total. The zero-order valence-electron chi connectivity index (χ0n) is 14.0. The van der Waals surface area contributed by atoms with Gasteiger partial charge in [-0.15, -0.1) is 0 Å². The first kappa shape index (κ1) is 18.0. The number of hydrogen-bond acceptors (Lipinski definition) is 8. The van der Waals surface area contributed by atoms with Crippen molar-refractivity contribution >= 4 is 22.9 Å². The summed E-state index contributed by atoms with van der Waals surface area (Å²) in [6.45, 7) is 1.34. The van der Waals surface area contributed by atoms with Crippen LogP contribution in [0.1, 0.15) is 19.6 Å². The Morgan fingerprint density at radius 1 is 1.54 bits per heavy atom. The van der Waals surface area contributed by atoms with Crippen LogP contribution in [0.5, 0.6) is 0 Å². The predicted octanol–water partition coefficient (Wildman–Crippen LogP) is 0.130. The first-order valence-electron chi connectivity index (χ1n) is 7.97. The van der Waals surface area contributed by atoms with Crippen LogP contribution in [0.25, 0.3) is 21.6 Å². The molecule has 3 heterocycles. The van der Waals surface area contributed by atoms with Crippen LogP contribution in [0, 0.1) is 0 Å². The van der Waals surface area contributed by atoms with Crippen molar-refractivity contribution in [3.63, 3.8) is 0 Å².